The molecule has 8 nitrogen and oxygen atoms in total. The van der Waals surface area contributed by atoms with Crippen molar-refractivity contribution in [2.45, 2.75) is 25.4 Å². The molecule has 8 heteroatoms. The summed E-state index contributed by atoms with van der Waals surface area (Å²) < 4.78 is 1.92. The Morgan fingerprint density at radius 2 is 1.68 bits per heavy atom. The van der Waals surface area contributed by atoms with E-state index >= 15 is 0 Å². The summed E-state index contributed by atoms with van der Waals surface area (Å²) >= 11 is 0. The van der Waals surface area contributed by atoms with Crippen molar-refractivity contribution in [1.29, 1.82) is 5.26 Å². The van der Waals surface area contributed by atoms with Gasteiger partial charge in [-0.2, -0.15) is 10.4 Å². The van der Waals surface area contributed by atoms with Gasteiger partial charge in [-0.25, -0.2) is 19.5 Å². The number of fused-ring (bicyclic) bond motifs is 1. The van der Waals surface area contributed by atoms with E-state index in [0.717, 1.165) is 66.5 Å². The van der Waals surface area contributed by atoms with Crippen molar-refractivity contribution in [3.63, 3.8) is 0 Å². The SMILES string of the molecule is N#Cc1nccc(NC2CCN(Cc3ccc(-c4nc5cccnn5c4-c4ccccc4)cc3)CC2)n1. The Bertz CT molecular complexity index is 1540. The first-order valence-corrected chi connectivity index (χ1v) is 12.5. The van der Waals surface area contributed by atoms with Crippen LogP contribution in [0.5, 0.6) is 0 Å². The standard InChI is InChI=1S/C29H26N8/c30-19-26-31-16-12-25(34-26)33-24-13-17-36(18-14-24)20-21-8-10-22(11-9-21)28-29(23-5-2-1-3-6-23)37-27(35-28)7-4-15-32-37/h1-12,15-16,24H,13-14,17-18,20H2,(H,31,33,34). The van der Waals surface area contributed by atoms with Crippen LogP contribution in [0.1, 0.15) is 24.2 Å². The van der Waals surface area contributed by atoms with Gasteiger partial charge >= 0.3 is 0 Å². The van der Waals surface area contributed by atoms with E-state index in [9.17, 15) is 0 Å². The molecular formula is C29H26N8. The highest BCUT2D eigenvalue weighted by atomic mass is 15.3. The fraction of sp³-hybridized carbons (Fsp3) is 0.207. The van der Waals surface area contributed by atoms with Gasteiger partial charge in [0, 0.05) is 49.2 Å². The van der Waals surface area contributed by atoms with Gasteiger partial charge in [0.25, 0.3) is 0 Å². The molecule has 0 radical (unpaired) electrons. The lowest BCUT2D eigenvalue weighted by Crippen LogP contribution is -2.38. The van der Waals surface area contributed by atoms with Gasteiger partial charge in [0.05, 0.1) is 5.69 Å². The maximum Gasteiger partial charge on any atom is 0.234 e. The highest BCUT2D eigenvalue weighted by molar-refractivity contribution is 5.81. The second kappa shape index (κ2) is 10.2. The fourth-order valence-corrected chi connectivity index (χ4v) is 4.91. The van der Waals surface area contributed by atoms with E-state index in [1.807, 2.05) is 47.0 Å². The van der Waals surface area contributed by atoms with Gasteiger partial charge in [0.15, 0.2) is 5.65 Å². The van der Waals surface area contributed by atoms with E-state index in [-0.39, 0.29) is 5.82 Å². The first-order chi connectivity index (χ1) is 18.3. The molecular weight excluding hydrogens is 460 g/mol. The van der Waals surface area contributed by atoms with Crippen molar-refractivity contribution in [2.24, 2.45) is 0 Å². The van der Waals surface area contributed by atoms with Crippen LogP contribution in [0.3, 0.4) is 0 Å². The van der Waals surface area contributed by atoms with Crippen LogP contribution in [0.15, 0.2) is 85.2 Å². The van der Waals surface area contributed by atoms with E-state index in [4.69, 9.17) is 10.2 Å². The van der Waals surface area contributed by atoms with E-state index in [0.29, 0.717) is 6.04 Å². The van der Waals surface area contributed by atoms with Crippen LogP contribution in [0.2, 0.25) is 0 Å². The van der Waals surface area contributed by atoms with Gasteiger partial charge in [-0.05, 0) is 36.6 Å². The number of rotatable bonds is 6. The van der Waals surface area contributed by atoms with Gasteiger partial charge in [0.2, 0.25) is 5.82 Å². The molecule has 1 aliphatic heterocycles. The minimum absolute atomic E-state index is 0.196. The number of aromatic nitrogens is 5. The number of imidazole rings is 1. The van der Waals surface area contributed by atoms with Crippen molar-refractivity contribution in [3.05, 3.63) is 96.6 Å². The summed E-state index contributed by atoms with van der Waals surface area (Å²) in [6.07, 6.45) is 5.47. The smallest absolute Gasteiger partial charge is 0.234 e. The van der Waals surface area contributed by atoms with Gasteiger partial charge in [-0.1, -0.05) is 54.6 Å². The molecule has 1 N–H and O–H groups in total. The van der Waals surface area contributed by atoms with Crippen LogP contribution in [0, 0.1) is 11.3 Å². The molecule has 0 bridgehead atoms. The lowest BCUT2D eigenvalue weighted by atomic mass is 10.0. The molecule has 5 aromatic rings. The average molecular weight is 487 g/mol. The largest absolute Gasteiger partial charge is 0.367 e. The number of benzene rings is 2. The summed E-state index contributed by atoms with van der Waals surface area (Å²) in [7, 11) is 0. The summed E-state index contributed by atoms with van der Waals surface area (Å²) in [5.74, 6) is 0.916. The average Bonchev–Trinajstić information content (AvgIpc) is 3.35. The van der Waals surface area contributed by atoms with Crippen molar-refractivity contribution in [1.82, 2.24) is 29.5 Å². The molecule has 1 saturated heterocycles. The summed E-state index contributed by atoms with van der Waals surface area (Å²) in [5, 5.41) is 17.0. The molecule has 3 aromatic heterocycles. The van der Waals surface area contributed by atoms with Gasteiger partial charge < -0.3 is 5.32 Å². The minimum Gasteiger partial charge on any atom is -0.367 e. The third-order valence-corrected chi connectivity index (χ3v) is 6.77. The molecule has 0 spiro atoms. The first-order valence-electron chi connectivity index (χ1n) is 12.5. The minimum atomic E-state index is 0.196. The number of hydrogen-bond donors (Lipinski definition) is 1. The third kappa shape index (κ3) is 4.90. The molecule has 0 unspecified atom stereocenters. The van der Waals surface area contributed by atoms with Crippen LogP contribution in [0.4, 0.5) is 5.82 Å². The lowest BCUT2D eigenvalue weighted by Gasteiger charge is -2.32. The maximum atomic E-state index is 9.01. The maximum absolute atomic E-state index is 9.01. The molecule has 0 atom stereocenters. The summed E-state index contributed by atoms with van der Waals surface area (Å²) in [6, 6.07) is 27.1. The Hall–Kier alpha value is -4.61. The molecule has 2 aromatic carbocycles. The molecule has 1 fully saturated rings. The van der Waals surface area contributed by atoms with E-state index in [1.165, 1.54) is 5.56 Å². The summed E-state index contributed by atoms with van der Waals surface area (Å²) in [5.41, 5.74) is 6.24. The molecule has 37 heavy (non-hydrogen) atoms. The Balaban J connectivity index is 1.14. The van der Waals surface area contributed by atoms with Gasteiger partial charge in [-0.15, -0.1) is 0 Å². The predicted octanol–water partition coefficient (Wildman–Crippen LogP) is 4.80. The van der Waals surface area contributed by atoms with Crippen LogP contribution < -0.4 is 5.32 Å². The van der Waals surface area contributed by atoms with E-state index in [1.54, 1.807) is 12.4 Å². The van der Waals surface area contributed by atoms with E-state index in [2.05, 4.69) is 61.7 Å². The summed E-state index contributed by atoms with van der Waals surface area (Å²) in [4.78, 5) is 15.6. The molecule has 4 heterocycles. The fourth-order valence-electron chi connectivity index (χ4n) is 4.91. The number of nitriles is 1. The molecule has 0 amide bonds. The van der Waals surface area contributed by atoms with Crippen LogP contribution >= 0.6 is 0 Å². The monoisotopic (exact) mass is 486 g/mol. The lowest BCUT2D eigenvalue weighted by molar-refractivity contribution is 0.211. The van der Waals surface area contributed by atoms with Gasteiger partial charge in [0.1, 0.15) is 17.6 Å². The number of hydrogen-bond acceptors (Lipinski definition) is 7. The van der Waals surface area contributed by atoms with E-state index < -0.39 is 0 Å². The predicted molar refractivity (Wildman–Crippen MR) is 143 cm³/mol. The van der Waals surface area contributed by atoms with Crippen molar-refractivity contribution in [2.75, 3.05) is 18.4 Å². The number of piperidine rings is 1. The number of nitrogens with zero attached hydrogens (tertiary/aromatic N) is 7. The highest BCUT2D eigenvalue weighted by Crippen LogP contribution is 2.32. The zero-order chi connectivity index (χ0) is 25.0. The molecule has 0 aliphatic carbocycles. The van der Waals surface area contributed by atoms with Crippen LogP contribution in [-0.4, -0.2) is 48.6 Å². The van der Waals surface area contributed by atoms with Crippen molar-refractivity contribution >= 4 is 11.5 Å². The summed E-state index contributed by atoms with van der Waals surface area (Å²) in [6.45, 7) is 2.93. The quantitative estimate of drug-likeness (QED) is 0.368. The zero-order valence-electron chi connectivity index (χ0n) is 20.3. The topological polar surface area (TPSA) is 95.0 Å². The second-order valence-electron chi connectivity index (χ2n) is 9.24. The Labute approximate surface area is 215 Å². The number of nitrogens with one attached hydrogen (secondary N) is 1. The zero-order valence-corrected chi connectivity index (χ0v) is 20.3. The van der Waals surface area contributed by atoms with Crippen LogP contribution in [0.25, 0.3) is 28.2 Å². The van der Waals surface area contributed by atoms with Gasteiger partial charge in [-0.3, -0.25) is 4.90 Å². The van der Waals surface area contributed by atoms with Crippen molar-refractivity contribution in [3.8, 4) is 28.6 Å². The van der Waals surface area contributed by atoms with Crippen molar-refractivity contribution < 1.29 is 0 Å². The number of likely N-dealkylation sites (tertiary alicyclic amines) is 1. The molecule has 6 rings (SSSR count). The Morgan fingerprint density at radius 1 is 0.865 bits per heavy atom. The highest BCUT2D eigenvalue weighted by Gasteiger charge is 2.20. The first kappa shape index (κ1) is 22.8. The molecule has 1 aliphatic rings. The normalized spacial score (nSPS) is 14.5. The molecule has 0 saturated carbocycles. The Morgan fingerprint density at radius 3 is 2.46 bits per heavy atom. The second-order valence-corrected chi connectivity index (χ2v) is 9.24. The molecule has 182 valence electrons. The van der Waals surface area contributed by atoms with Crippen LogP contribution in [-0.2, 0) is 6.54 Å². The third-order valence-electron chi connectivity index (χ3n) is 6.77. The Kier molecular flexibility index (Phi) is 6.28. The number of anilines is 1.